The van der Waals surface area contributed by atoms with Gasteiger partial charge < -0.3 is 21.7 Å². The number of nitrogens with one attached hydrogen (secondary N) is 2. The summed E-state index contributed by atoms with van der Waals surface area (Å²) in [6.07, 6.45) is 12.4. The Kier molecular flexibility index (Phi) is 8.03. The van der Waals surface area contributed by atoms with E-state index in [1.165, 1.54) is 47.6 Å². The lowest BCUT2D eigenvalue weighted by atomic mass is 9.75. The third-order valence-corrected chi connectivity index (χ3v) is 10.1. The molecule has 6 heteroatoms. The smallest absolute Gasteiger partial charge is 0.246 e. The summed E-state index contributed by atoms with van der Waals surface area (Å²) in [6, 6.07) is 21.8. The van der Waals surface area contributed by atoms with Gasteiger partial charge >= 0.3 is 0 Å². The normalized spacial score (nSPS) is 25.0. The number of anilines is 1. The van der Waals surface area contributed by atoms with E-state index in [-0.39, 0.29) is 29.7 Å². The zero-order valence-corrected chi connectivity index (χ0v) is 24.2. The van der Waals surface area contributed by atoms with Gasteiger partial charge in [-0.3, -0.25) is 10.2 Å². The van der Waals surface area contributed by atoms with Gasteiger partial charge in [-0.15, -0.1) is 0 Å². The molecule has 41 heavy (non-hydrogen) atoms. The van der Waals surface area contributed by atoms with Crippen LogP contribution in [0.3, 0.4) is 0 Å². The summed E-state index contributed by atoms with van der Waals surface area (Å²) in [5, 5.41) is 14.2. The lowest BCUT2D eigenvalue weighted by Crippen LogP contribution is -2.64. The summed E-state index contributed by atoms with van der Waals surface area (Å²) in [7, 11) is 0. The van der Waals surface area contributed by atoms with Crippen LogP contribution in [0.4, 0.5) is 5.69 Å². The van der Waals surface area contributed by atoms with Gasteiger partial charge in [-0.2, -0.15) is 0 Å². The van der Waals surface area contributed by atoms with E-state index in [9.17, 15) is 4.79 Å². The molecule has 6 nitrogen and oxygen atoms in total. The second kappa shape index (κ2) is 11.8. The molecule has 216 valence electrons. The van der Waals surface area contributed by atoms with Gasteiger partial charge in [0.15, 0.2) is 0 Å². The highest BCUT2D eigenvalue weighted by Gasteiger charge is 2.54. The Morgan fingerprint density at radius 3 is 2.37 bits per heavy atom. The first kappa shape index (κ1) is 27.8. The van der Waals surface area contributed by atoms with Crippen molar-refractivity contribution in [3.05, 3.63) is 77.4 Å². The Labute approximate surface area is 244 Å². The Morgan fingerprint density at radius 1 is 0.902 bits per heavy atom. The first-order valence-electron chi connectivity index (χ1n) is 15.7. The van der Waals surface area contributed by atoms with Crippen LogP contribution in [0.2, 0.25) is 0 Å². The largest absolute Gasteiger partial charge is 0.384 e. The van der Waals surface area contributed by atoms with Gasteiger partial charge in [-0.05, 0) is 78.8 Å². The summed E-state index contributed by atoms with van der Waals surface area (Å²) >= 11 is 0. The van der Waals surface area contributed by atoms with Gasteiger partial charge in [0, 0.05) is 36.3 Å². The van der Waals surface area contributed by atoms with Crippen molar-refractivity contribution in [1.29, 1.82) is 5.41 Å². The second-order valence-electron chi connectivity index (χ2n) is 12.7. The number of rotatable bonds is 7. The molecule has 1 heterocycles. The average molecular weight is 552 g/mol. The van der Waals surface area contributed by atoms with Crippen molar-refractivity contribution in [2.24, 2.45) is 17.4 Å². The topological polar surface area (TPSA) is 108 Å². The molecule has 0 aromatic heterocycles. The number of nitrogen functional groups attached to an aromatic ring is 1. The fourth-order valence-electron chi connectivity index (χ4n) is 7.77. The van der Waals surface area contributed by atoms with Crippen LogP contribution in [0.25, 0.3) is 10.8 Å². The van der Waals surface area contributed by atoms with Crippen LogP contribution in [0, 0.1) is 11.3 Å². The highest BCUT2D eigenvalue weighted by Crippen LogP contribution is 2.48. The molecule has 3 aromatic rings. The predicted octanol–water partition coefficient (Wildman–Crippen LogP) is 5.82. The van der Waals surface area contributed by atoms with Crippen molar-refractivity contribution in [1.82, 2.24) is 5.32 Å². The molecule has 2 fully saturated rings. The molecule has 0 bridgehead atoms. The quantitative estimate of drug-likeness (QED) is 0.168. The maximum absolute atomic E-state index is 14.8. The lowest BCUT2D eigenvalue weighted by molar-refractivity contribution is -0.129. The van der Waals surface area contributed by atoms with Gasteiger partial charge in [-0.1, -0.05) is 80.3 Å². The van der Waals surface area contributed by atoms with Crippen LogP contribution in [-0.2, 0) is 17.6 Å². The SMILES string of the molecule is N=C(N)c1ccc2c(c1)N(CCc1ccc3ccccc3c1)C(C(=O)N[C@H]1CC[C@H](N)CC1)(C1CCCCCC1)C2. The van der Waals surface area contributed by atoms with Crippen molar-refractivity contribution in [2.75, 3.05) is 11.4 Å². The minimum atomic E-state index is -0.640. The molecule has 6 rings (SSSR count). The molecule has 0 spiro atoms. The number of nitrogens with zero attached hydrogens (tertiary/aromatic N) is 1. The summed E-state index contributed by atoms with van der Waals surface area (Å²) in [4.78, 5) is 17.2. The lowest BCUT2D eigenvalue weighted by Gasteiger charge is -2.45. The standard InChI is InChI=1S/C35H45N5O/c36-30-15-17-31(18-16-30)39-34(41)35(29-9-3-1-2-4-10-29)23-28-14-13-27(33(37)38)22-32(28)40(35)20-19-24-11-12-25-7-5-6-8-26(25)21-24/h5-8,11-14,21-22,29-31H,1-4,9-10,15-20,23,36H2,(H3,37,38)(H,39,41)/t30-,31-,35?. The van der Waals surface area contributed by atoms with Crippen molar-refractivity contribution in [3.63, 3.8) is 0 Å². The third-order valence-electron chi connectivity index (χ3n) is 10.1. The number of amidine groups is 1. The van der Waals surface area contributed by atoms with Crippen LogP contribution in [0.15, 0.2) is 60.7 Å². The first-order chi connectivity index (χ1) is 19.9. The van der Waals surface area contributed by atoms with Crippen molar-refractivity contribution in [3.8, 4) is 0 Å². The molecule has 1 atom stereocenters. The molecule has 6 N–H and O–H groups in total. The molecule has 0 saturated heterocycles. The highest BCUT2D eigenvalue weighted by atomic mass is 16.2. The van der Waals surface area contributed by atoms with E-state index in [0.29, 0.717) is 6.42 Å². The van der Waals surface area contributed by atoms with Crippen molar-refractivity contribution < 1.29 is 4.79 Å². The number of amides is 1. The van der Waals surface area contributed by atoms with Crippen LogP contribution >= 0.6 is 0 Å². The van der Waals surface area contributed by atoms with E-state index in [0.717, 1.165) is 62.7 Å². The number of carbonyl (C=O) groups excluding carboxylic acids is 1. The molecule has 1 amide bonds. The van der Waals surface area contributed by atoms with E-state index in [2.05, 4.69) is 64.8 Å². The zero-order valence-electron chi connectivity index (χ0n) is 24.2. The average Bonchev–Trinajstić information content (AvgIpc) is 3.10. The van der Waals surface area contributed by atoms with Crippen molar-refractivity contribution in [2.45, 2.75) is 94.7 Å². The zero-order chi connectivity index (χ0) is 28.4. The molecular formula is C35H45N5O. The predicted molar refractivity (Wildman–Crippen MR) is 168 cm³/mol. The number of hydrogen-bond acceptors (Lipinski definition) is 4. The molecule has 1 unspecified atom stereocenters. The van der Waals surface area contributed by atoms with Crippen LogP contribution in [-0.4, -0.2) is 35.9 Å². The minimum absolute atomic E-state index is 0.0669. The second-order valence-corrected chi connectivity index (χ2v) is 12.7. The summed E-state index contributed by atoms with van der Waals surface area (Å²) in [5.74, 6) is 0.529. The molecule has 3 aromatic carbocycles. The monoisotopic (exact) mass is 551 g/mol. The van der Waals surface area contributed by atoms with E-state index in [1.54, 1.807) is 0 Å². The van der Waals surface area contributed by atoms with Gasteiger partial charge in [0.2, 0.25) is 5.91 Å². The fourth-order valence-corrected chi connectivity index (χ4v) is 7.77. The summed E-state index contributed by atoms with van der Waals surface area (Å²) in [5.41, 5.74) is 15.8. The van der Waals surface area contributed by atoms with E-state index < -0.39 is 5.54 Å². The Hall–Kier alpha value is -3.38. The van der Waals surface area contributed by atoms with Gasteiger partial charge in [-0.25, -0.2) is 0 Å². The van der Waals surface area contributed by atoms with E-state index in [1.807, 2.05) is 6.07 Å². The molecule has 2 aliphatic carbocycles. The fraction of sp³-hybridized carbons (Fsp3) is 0.486. The van der Waals surface area contributed by atoms with Crippen LogP contribution in [0.1, 0.15) is 80.9 Å². The van der Waals surface area contributed by atoms with Gasteiger partial charge in [0.1, 0.15) is 11.4 Å². The number of fused-ring (bicyclic) bond motifs is 2. The minimum Gasteiger partial charge on any atom is -0.384 e. The summed E-state index contributed by atoms with van der Waals surface area (Å²) < 4.78 is 0. The Balaban J connectivity index is 1.39. The Bertz CT molecular complexity index is 1400. The molecule has 2 saturated carbocycles. The molecular weight excluding hydrogens is 506 g/mol. The molecule has 0 radical (unpaired) electrons. The maximum atomic E-state index is 14.8. The Morgan fingerprint density at radius 2 is 1.63 bits per heavy atom. The molecule has 3 aliphatic rings. The van der Waals surface area contributed by atoms with Gasteiger partial charge in [0.25, 0.3) is 0 Å². The maximum Gasteiger partial charge on any atom is 0.246 e. The number of carbonyl (C=O) groups is 1. The van der Waals surface area contributed by atoms with Gasteiger partial charge in [0.05, 0.1) is 0 Å². The number of benzene rings is 3. The van der Waals surface area contributed by atoms with Crippen molar-refractivity contribution >= 4 is 28.2 Å². The van der Waals surface area contributed by atoms with Crippen LogP contribution < -0.4 is 21.7 Å². The number of nitrogens with two attached hydrogens (primary N) is 2. The first-order valence-corrected chi connectivity index (χ1v) is 15.7. The summed E-state index contributed by atoms with van der Waals surface area (Å²) in [6.45, 7) is 0.742. The third kappa shape index (κ3) is 5.59. The van der Waals surface area contributed by atoms with Crippen LogP contribution in [0.5, 0.6) is 0 Å². The number of hydrogen-bond donors (Lipinski definition) is 4. The van der Waals surface area contributed by atoms with E-state index >= 15 is 0 Å². The van der Waals surface area contributed by atoms with E-state index in [4.69, 9.17) is 16.9 Å². The highest BCUT2D eigenvalue weighted by molar-refractivity contribution is 5.98. The molecule has 1 aliphatic heterocycles.